The van der Waals surface area contributed by atoms with Gasteiger partial charge in [0, 0.05) is 45.0 Å². The van der Waals surface area contributed by atoms with Crippen molar-refractivity contribution >= 4 is 17.5 Å². The third-order valence-electron chi connectivity index (χ3n) is 3.93. The van der Waals surface area contributed by atoms with E-state index in [9.17, 15) is 9.59 Å². The summed E-state index contributed by atoms with van der Waals surface area (Å²) >= 11 is 0. The molecule has 3 heterocycles. The second-order valence-corrected chi connectivity index (χ2v) is 5.32. The number of hydrogen-bond acceptors (Lipinski definition) is 3. The van der Waals surface area contributed by atoms with E-state index in [1.807, 2.05) is 29.5 Å². The van der Waals surface area contributed by atoms with Gasteiger partial charge in [-0.3, -0.25) is 9.59 Å². The van der Waals surface area contributed by atoms with E-state index in [2.05, 4.69) is 4.98 Å². The SMILES string of the molecule is CC(=O)N1CCN(C(=O)c2cn3c(C)cccc3n2)CC1. The van der Waals surface area contributed by atoms with Gasteiger partial charge in [0.2, 0.25) is 5.91 Å². The number of carbonyl (C=O) groups excluding carboxylic acids is 2. The van der Waals surface area contributed by atoms with Gasteiger partial charge in [0.1, 0.15) is 11.3 Å². The minimum absolute atomic E-state index is 0.0606. The van der Waals surface area contributed by atoms with E-state index in [1.54, 1.807) is 22.9 Å². The predicted molar refractivity (Wildman–Crippen MR) is 78.1 cm³/mol. The first-order valence-corrected chi connectivity index (χ1v) is 7.06. The van der Waals surface area contributed by atoms with Crippen LogP contribution in [0.5, 0.6) is 0 Å². The standard InChI is InChI=1S/C15H18N4O2/c1-11-4-3-5-14-16-13(10-19(11)14)15(21)18-8-6-17(7-9-18)12(2)20/h3-5,10H,6-9H2,1-2H3. The van der Waals surface area contributed by atoms with E-state index in [0.29, 0.717) is 31.9 Å². The van der Waals surface area contributed by atoms with Gasteiger partial charge in [-0.2, -0.15) is 0 Å². The Kier molecular flexibility index (Phi) is 3.37. The van der Waals surface area contributed by atoms with Crippen LogP contribution in [0.1, 0.15) is 23.1 Å². The fourth-order valence-corrected chi connectivity index (χ4v) is 2.64. The summed E-state index contributed by atoms with van der Waals surface area (Å²) in [6, 6.07) is 5.80. The smallest absolute Gasteiger partial charge is 0.274 e. The monoisotopic (exact) mass is 286 g/mol. The van der Waals surface area contributed by atoms with Crippen molar-refractivity contribution in [1.82, 2.24) is 19.2 Å². The maximum absolute atomic E-state index is 12.5. The highest BCUT2D eigenvalue weighted by atomic mass is 16.2. The van der Waals surface area contributed by atoms with Crippen LogP contribution in [-0.2, 0) is 4.79 Å². The number of fused-ring (bicyclic) bond motifs is 1. The number of piperazine rings is 1. The number of amides is 2. The summed E-state index contributed by atoms with van der Waals surface area (Å²) in [5.41, 5.74) is 2.28. The minimum atomic E-state index is -0.0682. The molecule has 2 aromatic rings. The van der Waals surface area contributed by atoms with E-state index in [1.165, 1.54) is 0 Å². The van der Waals surface area contributed by atoms with Gasteiger partial charge in [-0.25, -0.2) is 4.98 Å². The molecular weight excluding hydrogens is 268 g/mol. The lowest BCUT2D eigenvalue weighted by atomic mass is 10.3. The van der Waals surface area contributed by atoms with E-state index in [0.717, 1.165) is 11.3 Å². The fourth-order valence-electron chi connectivity index (χ4n) is 2.64. The summed E-state index contributed by atoms with van der Waals surface area (Å²) in [6.07, 6.45) is 1.78. The first-order valence-electron chi connectivity index (χ1n) is 7.06. The Balaban J connectivity index is 1.78. The average Bonchev–Trinajstić information content (AvgIpc) is 2.92. The molecule has 0 radical (unpaired) electrons. The Morgan fingerprint density at radius 2 is 1.76 bits per heavy atom. The Labute approximate surface area is 123 Å². The molecule has 0 saturated carbocycles. The lowest BCUT2D eigenvalue weighted by Crippen LogP contribution is -2.50. The average molecular weight is 286 g/mol. The van der Waals surface area contributed by atoms with Crippen LogP contribution < -0.4 is 0 Å². The normalized spacial score (nSPS) is 15.5. The second-order valence-electron chi connectivity index (χ2n) is 5.32. The van der Waals surface area contributed by atoms with Crippen molar-refractivity contribution < 1.29 is 9.59 Å². The van der Waals surface area contributed by atoms with Crippen LogP contribution in [0.2, 0.25) is 0 Å². The van der Waals surface area contributed by atoms with Crippen LogP contribution in [0.3, 0.4) is 0 Å². The molecule has 0 aromatic carbocycles. The maximum atomic E-state index is 12.5. The number of aryl methyl sites for hydroxylation is 1. The zero-order chi connectivity index (χ0) is 15.0. The number of carbonyl (C=O) groups is 2. The highest BCUT2D eigenvalue weighted by molar-refractivity contribution is 5.93. The predicted octanol–water partition coefficient (Wildman–Crippen LogP) is 0.947. The summed E-state index contributed by atoms with van der Waals surface area (Å²) in [7, 11) is 0. The van der Waals surface area contributed by atoms with Gasteiger partial charge in [0.05, 0.1) is 0 Å². The highest BCUT2D eigenvalue weighted by Gasteiger charge is 2.24. The lowest BCUT2D eigenvalue weighted by Gasteiger charge is -2.33. The van der Waals surface area contributed by atoms with Crippen molar-refractivity contribution in [3.8, 4) is 0 Å². The number of pyridine rings is 1. The molecule has 0 N–H and O–H groups in total. The lowest BCUT2D eigenvalue weighted by molar-refractivity contribution is -0.130. The molecule has 2 aromatic heterocycles. The van der Waals surface area contributed by atoms with Gasteiger partial charge in [-0.05, 0) is 19.1 Å². The molecule has 0 atom stereocenters. The van der Waals surface area contributed by atoms with Crippen LogP contribution in [-0.4, -0.2) is 57.2 Å². The number of rotatable bonds is 1. The van der Waals surface area contributed by atoms with E-state index in [4.69, 9.17) is 0 Å². The number of hydrogen-bond donors (Lipinski definition) is 0. The molecule has 1 fully saturated rings. The van der Waals surface area contributed by atoms with Crippen molar-refractivity contribution in [2.75, 3.05) is 26.2 Å². The molecule has 0 bridgehead atoms. The molecule has 3 rings (SSSR count). The van der Waals surface area contributed by atoms with Crippen molar-refractivity contribution in [2.24, 2.45) is 0 Å². The number of nitrogens with zero attached hydrogens (tertiary/aromatic N) is 4. The Morgan fingerprint density at radius 3 is 2.38 bits per heavy atom. The largest absolute Gasteiger partial charge is 0.339 e. The van der Waals surface area contributed by atoms with Gasteiger partial charge < -0.3 is 14.2 Å². The summed E-state index contributed by atoms with van der Waals surface area (Å²) in [5.74, 6) is -0.00763. The maximum Gasteiger partial charge on any atom is 0.274 e. The Hall–Kier alpha value is -2.37. The van der Waals surface area contributed by atoms with Gasteiger partial charge in [0.25, 0.3) is 5.91 Å². The van der Waals surface area contributed by atoms with Gasteiger partial charge in [-0.1, -0.05) is 6.07 Å². The third kappa shape index (κ3) is 2.49. The first-order chi connectivity index (χ1) is 10.1. The van der Waals surface area contributed by atoms with Crippen molar-refractivity contribution in [2.45, 2.75) is 13.8 Å². The van der Waals surface area contributed by atoms with Crippen LogP contribution in [0.25, 0.3) is 5.65 Å². The molecule has 6 heteroatoms. The molecule has 0 spiro atoms. The summed E-state index contributed by atoms with van der Waals surface area (Å²) in [6.45, 7) is 5.84. The van der Waals surface area contributed by atoms with Crippen molar-refractivity contribution in [3.63, 3.8) is 0 Å². The number of aromatic nitrogens is 2. The topological polar surface area (TPSA) is 57.9 Å². The molecular formula is C15H18N4O2. The molecule has 110 valence electrons. The zero-order valence-corrected chi connectivity index (χ0v) is 12.2. The van der Waals surface area contributed by atoms with Crippen molar-refractivity contribution in [1.29, 1.82) is 0 Å². The Bertz CT molecular complexity index is 699. The molecule has 1 saturated heterocycles. The number of imidazole rings is 1. The molecule has 1 aliphatic rings. The van der Waals surface area contributed by atoms with E-state index in [-0.39, 0.29) is 11.8 Å². The summed E-state index contributed by atoms with van der Waals surface area (Å²) in [5, 5.41) is 0. The molecule has 21 heavy (non-hydrogen) atoms. The summed E-state index contributed by atoms with van der Waals surface area (Å²) < 4.78 is 1.92. The van der Waals surface area contributed by atoms with Crippen LogP contribution >= 0.6 is 0 Å². The second kappa shape index (κ2) is 5.20. The fraction of sp³-hybridized carbons (Fsp3) is 0.400. The molecule has 1 aliphatic heterocycles. The molecule has 0 unspecified atom stereocenters. The first kappa shape index (κ1) is 13.6. The Morgan fingerprint density at radius 1 is 1.10 bits per heavy atom. The highest BCUT2D eigenvalue weighted by Crippen LogP contribution is 2.12. The van der Waals surface area contributed by atoms with Crippen LogP contribution in [0.4, 0.5) is 0 Å². The van der Waals surface area contributed by atoms with E-state index < -0.39 is 0 Å². The van der Waals surface area contributed by atoms with E-state index >= 15 is 0 Å². The summed E-state index contributed by atoms with van der Waals surface area (Å²) in [4.78, 5) is 31.7. The molecule has 0 aliphatic carbocycles. The van der Waals surface area contributed by atoms with Gasteiger partial charge in [-0.15, -0.1) is 0 Å². The molecule has 6 nitrogen and oxygen atoms in total. The van der Waals surface area contributed by atoms with Gasteiger partial charge >= 0.3 is 0 Å². The van der Waals surface area contributed by atoms with Crippen LogP contribution in [0.15, 0.2) is 24.4 Å². The minimum Gasteiger partial charge on any atom is -0.339 e. The van der Waals surface area contributed by atoms with Crippen molar-refractivity contribution in [3.05, 3.63) is 35.8 Å². The quantitative estimate of drug-likeness (QED) is 0.784. The zero-order valence-electron chi connectivity index (χ0n) is 12.2. The third-order valence-corrected chi connectivity index (χ3v) is 3.93. The molecule has 2 amide bonds. The van der Waals surface area contributed by atoms with Crippen LogP contribution in [0, 0.1) is 6.92 Å². The van der Waals surface area contributed by atoms with Gasteiger partial charge in [0.15, 0.2) is 0 Å².